The van der Waals surface area contributed by atoms with Crippen molar-refractivity contribution in [2.75, 3.05) is 6.61 Å². The van der Waals surface area contributed by atoms with Gasteiger partial charge in [0.25, 0.3) is 0 Å². The molecule has 2 rings (SSSR count). The van der Waals surface area contributed by atoms with Gasteiger partial charge in [-0.15, -0.1) is 0 Å². The van der Waals surface area contributed by atoms with E-state index < -0.39 is 37.5 Å². The van der Waals surface area contributed by atoms with Crippen LogP contribution in [-0.2, 0) is 16.0 Å². The molecule has 1 amide bonds. The number of benzene rings is 1. The van der Waals surface area contributed by atoms with Gasteiger partial charge in [0.2, 0.25) is 5.91 Å². The third-order valence-electron chi connectivity index (χ3n) is 4.78. The minimum absolute atomic E-state index is 0.180. The molecular formula is C20H27BF3NO5. The summed E-state index contributed by atoms with van der Waals surface area (Å²) < 4.78 is 47.3. The second kappa shape index (κ2) is 11.2. The molecule has 1 heterocycles. The SMILES string of the molecule is CCCCCCOC(=O)c1cccc2c1OB(O)[C@@H](NC(=O)CCCC(F)(F)F)C2. The molecule has 0 radical (unpaired) electrons. The highest BCUT2D eigenvalue weighted by atomic mass is 19.4. The zero-order valence-electron chi connectivity index (χ0n) is 17.0. The molecule has 30 heavy (non-hydrogen) atoms. The molecule has 0 aromatic heterocycles. The molecule has 0 aliphatic carbocycles. The number of halogens is 3. The number of hydrogen-bond acceptors (Lipinski definition) is 5. The van der Waals surface area contributed by atoms with E-state index in [0.717, 1.165) is 25.7 Å². The van der Waals surface area contributed by atoms with Crippen molar-refractivity contribution in [2.45, 2.75) is 70.4 Å². The van der Waals surface area contributed by atoms with Crippen molar-refractivity contribution in [3.05, 3.63) is 29.3 Å². The van der Waals surface area contributed by atoms with Gasteiger partial charge >= 0.3 is 19.3 Å². The van der Waals surface area contributed by atoms with Gasteiger partial charge in [0.05, 0.1) is 12.5 Å². The molecular weight excluding hydrogens is 402 g/mol. The van der Waals surface area contributed by atoms with Crippen molar-refractivity contribution >= 4 is 19.0 Å². The molecule has 166 valence electrons. The Hall–Kier alpha value is -2.23. The lowest BCUT2D eigenvalue weighted by Crippen LogP contribution is -2.53. The van der Waals surface area contributed by atoms with Gasteiger partial charge < -0.3 is 19.7 Å². The van der Waals surface area contributed by atoms with E-state index in [4.69, 9.17) is 9.39 Å². The Kier molecular flexibility index (Phi) is 9.01. The Labute approximate surface area is 174 Å². The molecule has 1 atom stereocenters. The van der Waals surface area contributed by atoms with Crippen molar-refractivity contribution in [3.63, 3.8) is 0 Å². The average Bonchev–Trinajstić information content (AvgIpc) is 2.67. The molecule has 0 saturated heterocycles. The Bertz CT molecular complexity index is 729. The number of hydrogen-bond donors (Lipinski definition) is 2. The Morgan fingerprint density at radius 3 is 2.73 bits per heavy atom. The molecule has 0 unspecified atom stereocenters. The Morgan fingerprint density at radius 1 is 1.27 bits per heavy atom. The van der Waals surface area contributed by atoms with Crippen LogP contribution in [0.3, 0.4) is 0 Å². The monoisotopic (exact) mass is 429 g/mol. The number of para-hydroxylation sites is 1. The maximum absolute atomic E-state index is 12.4. The van der Waals surface area contributed by atoms with Crippen molar-refractivity contribution in [1.29, 1.82) is 0 Å². The first-order valence-electron chi connectivity index (χ1n) is 10.2. The van der Waals surface area contributed by atoms with Crippen molar-refractivity contribution in [1.82, 2.24) is 5.32 Å². The molecule has 10 heteroatoms. The van der Waals surface area contributed by atoms with Crippen molar-refractivity contribution in [3.8, 4) is 5.75 Å². The molecule has 1 aliphatic heterocycles. The maximum Gasteiger partial charge on any atom is 0.547 e. The van der Waals surface area contributed by atoms with Crippen LogP contribution in [0.4, 0.5) is 13.2 Å². The number of carbonyl (C=O) groups excluding carboxylic acids is 2. The lowest BCUT2D eigenvalue weighted by molar-refractivity contribution is -0.137. The summed E-state index contributed by atoms with van der Waals surface area (Å²) in [5, 5.41) is 12.7. The average molecular weight is 429 g/mol. The lowest BCUT2D eigenvalue weighted by atomic mass is 9.72. The molecule has 2 N–H and O–H groups in total. The number of amides is 1. The molecule has 1 aromatic rings. The summed E-state index contributed by atoms with van der Waals surface area (Å²) >= 11 is 0. The summed E-state index contributed by atoms with van der Waals surface area (Å²) in [6.07, 6.45) is -1.94. The first kappa shape index (κ1) is 24.0. The predicted octanol–water partition coefficient (Wildman–Crippen LogP) is 3.60. The van der Waals surface area contributed by atoms with E-state index in [-0.39, 0.29) is 30.6 Å². The molecule has 0 saturated carbocycles. The normalized spacial score (nSPS) is 15.9. The number of ether oxygens (including phenoxy) is 1. The van der Waals surface area contributed by atoms with Gasteiger partial charge in [-0.05, 0) is 30.9 Å². The fourth-order valence-electron chi connectivity index (χ4n) is 3.21. The summed E-state index contributed by atoms with van der Waals surface area (Å²) in [6, 6.07) is 4.88. The van der Waals surface area contributed by atoms with Crippen molar-refractivity contribution in [2.24, 2.45) is 0 Å². The quantitative estimate of drug-likeness (QED) is 0.337. The van der Waals surface area contributed by atoms with Crippen LogP contribution in [0.2, 0.25) is 0 Å². The van der Waals surface area contributed by atoms with Gasteiger partial charge in [-0.2, -0.15) is 13.2 Å². The minimum atomic E-state index is -4.31. The van der Waals surface area contributed by atoms with Crippen LogP contribution in [0.1, 0.15) is 67.8 Å². The largest absolute Gasteiger partial charge is 0.547 e. The third kappa shape index (κ3) is 7.55. The Morgan fingerprint density at radius 2 is 2.03 bits per heavy atom. The first-order valence-corrected chi connectivity index (χ1v) is 10.2. The number of unbranched alkanes of at least 4 members (excludes halogenated alkanes) is 3. The summed E-state index contributed by atoms with van der Waals surface area (Å²) in [4.78, 5) is 24.3. The molecule has 1 aliphatic rings. The smallest absolute Gasteiger partial charge is 0.534 e. The van der Waals surface area contributed by atoms with Gasteiger partial charge in [-0.3, -0.25) is 4.79 Å². The van der Waals surface area contributed by atoms with Crippen LogP contribution in [0.15, 0.2) is 18.2 Å². The first-order chi connectivity index (χ1) is 14.2. The lowest BCUT2D eigenvalue weighted by Gasteiger charge is -2.29. The summed E-state index contributed by atoms with van der Waals surface area (Å²) in [5.74, 6) is -1.77. The van der Waals surface area contributed by atoms with Gasteiger partial charge in [-0.1, -0.05) is 38.3 Å². The zero-order valence-corrected chi connectivity index (χ0v) is 17.0. The van der Waals surface area contributed by atoms with Crippen LogP contribution < -0.4 is 9.97 Å². The summed E-state index contributed by atoms with van der Waals surface area (Å²) in [5.41, 5.74) is 0.790. The molecule has 1 aromatic carbocycles. The number of alkyl halides is 3. The Balaban J connectivity index is 1.93. The van der Waals surface area contributed by atoms with Gasteiger partial charge in [0, 0.05) is 12.8 Å². The van der Waals surface area contributed by atoms with E-state index >= 15 is 0 Å². The predicted molar refractivity (Wildman–Crippen MR) is 105 cm³/mol. The molecule has 0 spiro atoms. The van der Waals surface area contributed by atoms with Crippen LogP contribution in [0, 0.1) is 0 Å². The topological polar surface area (TPSA) is 84.9 Å². The number of esters is 1. The van der Waals surface area contributed by atoms with Gasteiger partial charge in [-0.25, -0.2) is 4.79 Å². The molecule has 0 bridgehead atoms. The fourth-order valence-corrected chi connectivity index (χ4v) is 3.21. The van der Waals surface area contributed by atoms with E-state index in [9.17, 15) is 27.8 Å². The van der Waals surface area contributed by atoms with E-state index in [1.165, 1.54) is 6.07 Å². The maximum atomic E-state index is 12.4. The second-order valence-electron chi connectivity index (χ2n) is 7.35. The molecule has 6 nitrogen and oxygen atoms in total. The van der Waals surface area contributed by atoms with Crippen LogP contribution in [0.25, 0.3) is 0 Å². The van der Waals surface area contributed by atoms with Crippen molar-refractivity contribution < 1.29 is 37.2 Å². The van der Waals surface area contributed by atoms with E-state index in [1.54, 1.807) is 12.1 Å². The zero-order chi connectivity index (χ0) is 22.1. The van der Waals surface area contributed by atoms with E-state index in [1.807, 2.05) is 0 Å². The fraction of sp³-hybridized carbons (Fsp3) is 0.600. The second-order valence-corrected chi connectivity index (χ2v) is 7.35. The standard InChI is InChI=1S/C20H27BF3NO5/c1-2-3-4-5-12-29-19(27)15-9-6-8-14-13-16(21(28)30-18(14)15)25-17(26)10-7-11-20(22,23)24/h6,8-9,16,28H,2-5,7,10-13H2,1H3,(H,25,26)/t16-/m0/s1. The van der Waals surface area contributed by atoms with Gasteiger partial charge in [0.15, 0.2) is 0 Å². The highest BCUT2D eigenvalue weighted by Gasteiger charge is 2.38. The minimum Gasteiger partial charge on any atom is -0.534 e. The highest BCUT2D eigenvalue weighted by molar-refractivity contribution is 6.47. The van der Waals surface area contributed by atoms with E-state index in [0.29, 0.717) is 12.2 Å². The van der Waals surface area contributed by atoms with Crippen LogP contribution in [0.5, 0.6) is 5.75 Å². The number of rotatable bonds is 10. The number of carbonyl (C=O) groups is 2. The van der Waals surface area contributed by atoms with Gasteiger partial charge in [0.1, 0.15) is 11.3 Å². The van der Waals surface area contributed by atoms with Crippen LogP contribution in [-0.4, -0.2) is 42.7 Å². The highest BCUT2D eigenvalue weighted by Crippen LogP contribution is 2.31. The van der Waals surface area contributed by atoms with Crippen LogP contribution >= 0.6 is 0 Å². The van der Waals surface area contributed by atoms with E-state index in [2.05, 4.69) is 12.2 Å². The molecule has 0 fully saturated rings. The number of nitrogens with one attached hydrogen (secondary N) is 1. The number of fused-ring (bicyclic) bond motifs is 1. The summed E-state index contributed by atoms with van der Waals surface area (Å²) in [7, 11) is -1.43. The third-order valence-corrected chi connectivity index (χ3v) is 4.78. The summed E-state index contributed by atoms with van der Waals surface area (Å²) in [6.45, 7) is 2.38.